The number of carbonyl (C=O) groups excluding carboxylic acids is 2. The molecule has 0 saturated carbocycles. The van der Waals surface area contributed by atoms with E-state index in [1.54, 1.807) is 25.1 Å². The molecule has 0 fully saturated rings. The van der Waals surface area contributed by atoms with E-state index in [1.165, 1.54) is 21.3 Å². The molecule has 32 heavy (non-hydrogen) atoms. The Morgan fingerprint density at radius 3 is 2.22 bits per heavy atom. The molecule has 1 N–H and O–H groups in total. The van der Waals surface area contributed by atoms with E-state index in [0.717, 1.165) is 5.56 Å². The number of dihydropyridines is 1. The summed E-state index contributed by atoms with van der Waals surface area (Å²) in [6.07, 6.45) is 0. The number of methoxy groups -OCH3 is 3. The number of esters is 1. The zero-order valence-corrected chi connectivity index (χ0v) is 18.7. The molecule has 0 spiro atoms. The molecular weight excluding hydrogens is 410 g/mol. The minimum absolute atomic E-state index is 0.140. The molecule has 0 saturated heterocycles. The molecule has 7 nitrogen and oxygen atoms in total. The van der Waals surface area contributed by atoms with Crippen molar-refractivity contribution in [2.75, 3.05) is 27.9 Å². The predicted octanol–water partition coefficient (Wildman–Crippen LogP) is 3.84. The topological polar surface area (TPSA) is 83.1 Å². The van der Waals surface area contributed by atoms with Gasteiger partial charge in [0.15, 0.2) is 17.3 Å². The first-order chi connectivity index (χ1) is 15.5. The third-order valence-corrected chi connectivity index (χ3v) is 5.79. The highest BCUT2D eigenvalue weighted by Gasteiger charge is 2.44. The van der Waals surface area contributed by atoms with Gasteiger partial charge in [-0.05, 0) is 19.9 Å². The van der Waals surface area contributed by atoms with Gasteiger partial charge in [0.25, 0.3) is 0 Å². The van der Waals surface area contributed by atoms with Crippen LogP contribution < -0.4 is 19.5 Å². The van der Waals surface area contributed by atoms with Gasteiger partial charge in [-0.1, -0.05) is 24.3 Å². The normalized spacial score (nSPS) is 16.9. The second kappa shape index (κ2) is 8.42. The number of ether oxygens (including phenoxy) is 4. The fourth-order valence-electron chi connectivity index (χ4n) is 4.40. The van der Waals surface area contributed by atoms with Crippen LogP contribution in [0.15, 0.2) is 53.2 Å². The Hall–Kier alpha value is -3.74. The van der Waals surface area contributed by atoms with E-state index in [0.29, 0.717) is 50.9 Å². The van der Waals surface area contributed by atoms with E-state index in [9.17, 15) is 9.59 Å². The van der Waals surface area contributed by atoms with E-state index in [4.69, 9.17) is 18.9 Å². The lowest BCUT2D eigenvalue weighted by Gasteiger charge is -2.30. The number of nitrogens with one attached hydrogen (secondary N) is 1. The molecular formula is C25H25NO6. The maximum atomic E-state index is 13.6. The van der Waals surface area contributed by atoms with Gasteiger partial charge < -0.3 is 24.3 Å². The smallest absolute Gasteiger partial charge is 0.336 e. The van der Waals surface area contributed by atoms with Gasteiger partial charge in [-0.25, -0.2) is 4.79 Å². The fourth-order valence-corrected chi connectivity index (χ4v) is 4.40. The Kier molecular flexibility index (Phi) is 5.65. The number of Topliss-reactive ketones (excluding diaryl/α,β-unsaturated/α-hetero) is 1. The molecule has 0 radical (unpaired) electrons. The SMILES string of the molecule is CCOC(=O)C1=C(C)NC2=C(C(=O)c3ccccc32)C1c1cc(OC)c(OC)cc1OC. The molecule has 2 aromatic carbocycles. The van der Waals surface area contributed by atoms with Crippen LogP contribution in [0.4, 0.5) is 0 Å². The van der Waals surface area contributed by atoms with Crippen LogP contribution in [0.2, 0.25) is 0 Å². The van der Waals surface area contributed by atoms with Gasteiger partial charge in [0.1, 0.15) is 5.75 Å². The molecule has 166 valence electrons. The summed E-state index contributed by atoms with van der Waals surface area (Å²) in [5, 5.41) is 3.28. The molecule has 1 unspecified atom stereocenters. The Morgan fingerprint density at radius 1 is 0.969 bits per heavy atom. The Bertz CT molecular complexity index is 1180. The molecule has 0 bridgehead atoms. The predicted molar refractivity (Wildman–Crippen MR) is 119 cm³/mol. The quantitative estimate of drug-likeness (QED) is 0.690. The number of hydrogen-bond acceptors (Lipinski definition) is 7. The maximum absolute atomic E-state index is 13.6. The highest BCUT2D eigenvalue weighted by molar-refractivity contribution is 6.23. The summed E-state index contributed by atoms with van der Waals surface area (Å²) in [5.74, 6) is 0.0806. The molecule has 4 rings (SSSR count). The summed E-state index contributed by atoms with van der Waals surface area (Å²) in [4.78, 5) is 26.6. The van der Waals surface area contributed by atoms with Crippen LogP contribution in [0.5, 0.6) is 17.2 Å². The van der Waals surface area contributed by atoms with Crippen molar-refractivity contribution in [1.82, 2.24) is 5.32 Å². The van der Waals surface area contributed by atoms with E-state index in [-0.39, 0.29) is 12.4 Å². The Morgan fingerprint density at radius 2 is 1.59 bits per heavy atom. The first kappa shape index (κ1) is 21.5. The molecule has 7 heteroatoms. The van der Waals surface area contributed by atoms with E-state index in [2.05, 4.69) is 5.32 Å². The standard InChI is InChI=1S/C25H25NO6/c1-6-32-25(28)20-13(2)26-23-14-9-7-8-10-15(14)24(27)22(23)21(20)16-11-18(30-4)19(31-5)12-17(16)29-3/h7-12,21,26H,6H2,1-5H3. The van der Waals surface area contributed by atoms with E-state index < -0.39 is 11.9 Å². The van der Waals surface area contributed by atoms with Crippen molar-refractivity contribution in [2.45, 2.75) is 19.8 Å². The number of ketones is 1. The minimum Gasteiger partial charge on any atom is -0.496 e. The minimum atomic E-state index is -0.708. The van der Waals surface area contributed by atoms with Crippen LogP contribution in [-0.4, -0.2) is 39.7 Å². The monoisotopic (exact) mass is 435 g/mol. The largest absolute Gasteiger partial charge is 0.496 e. The number of benzene rings is 2. The highest BCUT2D eigenvalue weighted by atomic mass is 16.5. The number of fused-ring (bicyclic) bond motifs is 2. The summed E-state index contributed by atoms with van der Waals surface area (Å²) in [6.45, 7) is 3.77. The summed E-state index contributed by atoms with van der Waals surface area (Å²) in [5.41, 5.74) is 4.16. The van der Waals surface area contributed by atoms with Gasteiger partial charge in [0.05, 0.1) is 45.1 Å². The van der Waals surface area contributed by atoms with Gasteiger partial charge in [-0.3, -0.25) is 4.79 Å². The van der Waals surface area contributed by atoms with E-state index in [1.807, 2.05) is 25.1 Å². The molecule has 0 amide bonds. The second-order valence-corrected chi connectivity index (χ2v) is 7.43. The first-order valence-electron chi connectivity index (χ1n) is 10.3. The molecule has 2 aliphatic rings. The van der Waals surface area contributed by atoms with Crippen LogP contribution >= 0.6 is 0 Å². The summed E-state index contributed by atoms with van der Waals surface area (Å²) < 4.78 is 22.0. The van der Waals surface area contributed by atoms with Gasteiger partial charge in [0.2, 0.25) is 0 Å². The average Bonchev–Trinajstić information content (AvgIpc) is 3.09. The lowest BCUT2D eigenvalue weighted by Crippen LogP contribution is -2.29. The van der Waals surface area contributed by atoms with Gasteiger partial charge in [0, 0.05) is 34.0 Å². The molecule has 1 aliphatic heterocycles. The van der Waals surface area contributed by atoms with Crippen molar-refractivity contribution in [3.05, 3.63) is 69.9 Å². The third-order valence-electron chi connectivity index (χ3n) is 5.79. The zero-order valence-electron chi connectivity index (χ0n) is 18.7. The third kappa shape index (κ3) is 3.21. The van der Waals surface area contributed by atoms with Gasteiger partial charge in [-0.2, -0.15) is 0 Å². The lowest BCUT2D eigenvalue weighted by molar-refractivity contribution is -0.138. The Labute approximate surface area is 186 Å². The Balaban J connectivity index is 2.00. The van der Waals surface area contributed by atoms with Crippen molar-refractivity contribution < 1.29 is 28.5 Å². The van der Waals surface area contributed by atoms with Crippen molar-refractivity contribution in [1.29, 1.82) is 0 Å². The summed E-state index contributed by atoms with van der Waals surface area (Å²) in [7, 11) is 4.60. The molecule has 1 atom stereocenters. The molecule has 0 aromatic heterocycles. The fraction of sp³-hybridized carbons (Fsp3) is 0.280. The number of carbonyl (C=O) groups is 2. The van der Waals surface area contributed by atoms with Gasteiger partial charge in [-0.15, -0.1) is 0 Å². The van der Waals surface area contributed by atoms with Crippen LogP contribution in [0.25, 0.3) is 5.70 Å². The number of allylic oxidation sites excluding steroid dienone is 2. The van der Waals surface area contributed by atoms with Crippen LogP contribution in [-0.2, 0) is 9.53 Å². The number of hydrogen-bond donors (Lipinski definition) is 1. The van der Waals surface area contributed by atoms with E-state index >= 15 is 0 Å². The van der Waals surface area contributed by atoms with Crippen LogP contribution in [0.1, 0.15) is 41.3 Å². The lowest BCUT2D eigenvalue weighted by atomic mass is 9.79. The maximum Gasteiger partial charge on any atom is 0.336 e. The van der Waals surface area contributed by atoms with Crippen molar-refractivity contribution in [3.63, 3.8) is 0 Å². The molecule has 1 heterocycles. The van der Waals surface area contributed by atoms with Crippen molar-refractivity contribution in [3.8, 4) is 17.2 Å². The molecule has 2 aromatic rings. The summed E-state index contributed by atoms with van der Waals surface area (Å²) >= 11 is 0. The number of rotatable bonds is 6. The first-order valence-corrected chi connectivity index (χ1v) is 10.3. The van der Waals surface area contributed by atoms with Gasteiger partial charge >= 0.3 is 5.97 Å². The second-order valence-electron chi connectivity index (χ2n) is 7.43. The van der Waals surface area contributed by atoms with Crippen LogP contribution in [0, 0.1) is 0 Å². The van der Waals surface area contributed by atoms with Crippen LogP contribution in [0.3, 0.4) is 0 Å². The summed E-state index contributed by atoms with van der Waals surface area (Å²) in [6, 6.07) is 10.8. The zero-order chi connectivity index (χ0) is 23.0. The van der Waals surface area contributed by atoms with Crippen molar-refractivity contribution in [2.24, 2.45) is 0 Å². The van der Waals surface area contributed by atoms with Crippen molar-refractivity contribution >= 4 is 17.4 Å². The molecule has 1 aliphatic carbocycles. The average molecular weight is 435 g/mol. The highest BCUT2D eigenvalue weighted by Crippen LogP contribution is 2.50.